The number of benzene rings is 1. The van der Waals surface area contributed by atoms with Gasteiger partial charge in [0.05, 0.1) is 12.1 Å². The van der Waals surface area contributed by atoms with Gasteiger partial charge >= 0.3 is 29.6 Å². The average Bonchev–Trinajstić information content (AvgIpc) is 2.92. The molecule has 1 heterocycles. The minimum atomic E-state index is -2.35. The maximum Gasteiger partial charge on any atom is 1.00 e. The van der Waals surface area contributed by atoms with Crippen LogP contribution in [0.4, 0.5) is 0 Å². The molecule has 0 radical (unpaired) electrons. The van der Waals surface area contributed by atoms with Crippen molar-refractivity contribution in [2.24, 2.45) is 0 Å². The van der Waals surface area contributed by atoms with Crippen LogP contribution in [0.25, 0.3) is 10.1 Å². The second kappa shape index (κ2) is 7.53. The minimum absolute atomic E-state index is 0. The topological polar surface area (TPSA) is 110 Å². The number of aliphatic hydroxyl groups is 3. The van der Waals surface area contributed by atoms with Crippen LogP contribution < -0.4 is 34.7 Å². The number of hydrogen-bond acceptors (Lipinski definition) is 7. The Morgan fingerprint density at radius 2 is 2.08 bits per heavy atom. The largest absolute Gasteiger partial charge is 1.00 e. The molecule has 24 heavy (non-hydrogen) atoms. The molecule has 8 heteroatoms. The van der Waals surface area contributed by atoms with Crippen molar-refractivity contribution in [2.45, 2.75) is 30.8 Å². The molecule has 0 amide bonds. The molecule has 2 aromatic rings. The molecular weight excluding hydrogens is 343 g/mol. The van der Waals surface area contributed by atoms with Crippen molar-refractivity contribution in [3.8, 4) is 0 Å². The van der Waals surface area contributed by atoms with Gasteiger partial charge in [-0.15, -0.1) is 11.3 Å². The first kappa shape index (κ1) is 19.4. The Hall–Kier alpha value is -0.930. The van der Waals surface area contributed by atoms with E-state index < -0.39 is 30.2 Å². The Morgan fingerprint density at radius 3 is 2.75 bits per heavy atom. The van der Waals surface area contributed by atoms with Crippen LogP contribution in [-0.2, 0) is 16.1 Å². The van der Waals surface area contributed by atoms with Crippen LogP contribution in [0, 0.1) is 0 Å². The fraction of sp³-hybridized carbons (Fsp3) is 0.312. The van der Waals surface area contributed by atoms with E-state index in [-0.39, 0.29) is 41.9 Å². The zero-order valence-electron chi connectivity index (χ0n) is 13.0. The summed E-state index contributed by atoms with van der Waals surface area (Å²) in [6, 6.07) is 9.70. The summed E-state index contributed by atoms with van der Waals surface area (Å²) in [6.07, 6.45) is -2.48. The first-order valence-electron chi connectivity index (χ1n) is 7.02. The smallest absolute Gasteiger partial charge is 0.547 e. The van der Waals surface area contributed by atoms with Crippen molar-refractivity contribution >= 4 is 27.4 Å². The van der Waals surface area contributed by atoms with E-state index >= 15 is 0 Å². The summed E-state index contributed by atoms with van der Waals surface area (Å²) in [4.78, 5) is 11.9. The molecule has 3 rings (SSSR count). The van der Waals surface area contributed by atoms with Crippen LogP contribution in [0.2, 0.25) is 0 Å². The third-order valence-corrected chi connectivity index (χ3v) is 4.86. The van der Waals surface area contributed by atoms with Crippen LogP contribution in [0.3, 0.4) is 0 Å². The molecule has 1 aliphatic rings. The van der Waals surface area contributed by atoms with E-state index in [1.165, 1.54) is 11.3 Å². The molecule has 1 aromatic carbocycles. The van der Waals surface area contributed by atoms with E-state index in [1.54, 1.807) is 0 Å². The summed E-state index contributed by atoms with van der Waals surface area (Å²) < 4.78 is 6.52. The third kappa shape index (κ3) is 3.83. The number of aliphatic carboxylic acids is 1. The number of rotatable bonds is 4. The number of carboxylic acid groups (broad SMARTS) is 1. The van der Waals surface area contributed by atoms with Crippen LogP contribution in [0.1, 0.15) is 11.3 Å². The van der Waals surface area contributed by atoms with Crippen molar-refractivity contribution in [1.82, 2.24) is 0 Å². The van der Waals surface area contributed by atoms with Crippen molar-refractivity contribution < 1.29 is 59.5 Å². The molecule has 0 unspecified atom stereocenters. The molecular formula is C16H15NaO6S. The van der Waals surface area contributed by atoms with E-state index in [4.69, 9.17) is 4.74 Å². The molecule has 1 aliphatic carbocycles. The number of ether oxygens (including phenoxy) is 1. The van der Waals surface area contributed by atoms with Gasteiger partial charge in [-0.1, -0.05) is 18.2 Å². The standard InChI is InChI=1S/C16H16O6S.Na/c17-11-6-16(21,15(19)20)7-12(14(11)18)22-8-10-5-9-3-1-2-4-13(9)23-10;/h1-5,7,11,14,17-18,21H,6,8H2,(H,19,20);/q;+1/p-1/t11-,14+,16-;/m1./s1. The second-order valence-corrected chi connectivity index (χ2v) is 6.68. The Balaban J connectivity index is 0.00000208. The van der Waals surface area contributed by atoms with Gasteiger partial charge in [-0.05, 0) is 23.6 Å². The molecule has 0 spiro atoms. The van der Waals surface area contributed by atoms with Crippen molar-refractivity contribution in [3.05, 3.63) is 47.0 Å². The Kier molecular flexibility index (Phi) is 6.09. The third-order valence-electron chi connectivity index (χ3n) is 3.77. The summed E-state index contributed by atoms with van der Waals surface area (Å²) in [5.74, 6) is -1.92. The van der Waals surface area contributed by atoms with Gasteiger partial charge in [-0.2, -0.15) is 0 Å². The van der Waals surface area contributed by atoms with E-state index in [0.717, 1.165) is 21.0 Å². The number of carbonyl (C=O) groups excluding carboxylic acids is 1. The van der Waals surface area contributed by atoms with Gasteiger partial charge in [0.25, 0.3) is 0 Å². The number of carbonyl (C=O) groups is 1. The van der Waals surface area contributed by atoms with Crippen LogP contribution in [0.5, 0.6) is 0 Å². The van der Waals surface area contributed by atoms with Gasteiger partial charge in [0.15, 0.2) is 0 Å². The summed E-state index contributed by atoms with van der Waals surface area (Å²) >= 11 is 1.51. The van der Waals surface area contributed by atoms with Gasteiger partial charge in [0.1, 0.15) is 24.1 Å². The Labute approximate surface area is 164 Å². The van der Waals surface area contributed by atoms with E-state index in [9.17, 15) is 25.2 Å². The van der Waals surface area contributed by atoms with E-state index in [1.807, 2.05) is 30.3 Å². The molecule has 6 nitrogen and oxygen atoms in total. The normalized spacial score (nSPS) is 26.5. The zero-order valence-corrected chi connectivity index (χ0v) is 15.8. The number of carboxylic acids is 1. The van der Waals surface area contributed by atoms with Gasteiger partial charge in [0, 0.05) is 16.0 Å². The van der Waals surface area contributed by atoms with Gasteiger partial charge in [-0.3, -0.25) is 0 Å². The zero-order chi connectivity index (χ0) is 16.6. The van der Waals surface area contributed by atoms with Crippen molar-refractivity contribution in [1.29, 1.82) is 0 Å². The maximum absolute atomic E-state index is 11.0. The van der Waals surface area contributed by atoms with Gasteiger partial charge in [-0.25, -0.2) is 0 Å². The molecule has 0 fully saturated rings. The molecule has 1 aromatic heterocycles. The monoisotopic (exact) mass is 358 g/mol. The molecule has 3 atom stereocenters. The van der Waals surface area contributed by atoms with Gasteiger partial charge in [0.2, 0.25) is 0 Å². The quantitative estimate of drug-likeness (QED) is 0.500. The first-order chi connectivity index (χ1) is 10.9. The second-order valence-electron chi connectivity index (χ2n) is 5.51. The van der Waals surface area contributed by atoms with Crippen LogP contribution in [0.15, 0.2) is 42.2 Å². The minimum Gasteiger partial charge on any atom is -0.547 e. The SMILES string of the molecule is O=C([O-])[C@]1(O)C=C(OCc2cc3ccccc3s2)[C@@H](O)[C@H](O)C1.[Na+]. The average molecular weight is 358 g/mol. The summed E-state index contributed by atoms with van der Waals surface area (Å²) in [5.41, 5.74) is -2.35. The summed E-state index contributed by atoms with van der Waals surface area (Å²) in [6.45, 7) is 0.0953. The maximum atomic E-state index is 11.0. The Bertz CT molecular complexity index is 740. The predicted molar refractivity (Wildman–Crippen MR) is 81.3 cm³/mol. The number of aliphatic hydroxyl groups excluding tert-OH is 2. The fourth-order valence-electron chi connectivity index (χ4n) is 2.53. The molecule has 0 saturated carbocycles. The number of fused-ring (bicyclic) bond motifs is 1. The van der Waals surface area contributed by atoms with Crippen LogP contribution >= 0.6 is 11.3 Å². The molecule has 0 bridgehead atoms. The van der Waals surface area contributed by atoms with E-state index in [2.05, 4.69) is 0 Å². The van der Waals surface area contributed by atoms with Gasteiger partial charge < -0.3 is 30.0 Å². The number of hydrogen-bond donors (Lipinski definition) is 3. The molecule has 0 saturated heterocycles. The fourth-order valence-corrected chi connectivity index (χ4v) is 3.51. The first-order valence-corrected chi connectivity index (χ1v) is 7.84. The summed E-state index contributed by atoms with van der Waals surface area (Å²) in [5, 5.41) is 41.6. The van der Waals surface area contributed by atoms with Crippen molar-refractivity contribution in [2.75, 3.05) is 0 Å². The number of thiophene rings is 1. The van der Waals surface area contributed by atoms with Crippen LogP contribution in [-0.4, -0.2) is 39.1 Å². The Morgan fingerprint density at radius 1 is 1.38 bits per heavy atom. The van der Waals surface area contributed by atoms with E-state index in [0.29, 0.717) is 0 Å². The summed E-state index contributed by atoms with van der Waals surface area (Å²) in [7, 11) is 0. The van der Waals surface area contributed by atoms with Crippen molar-refractivity contribution in [3.63, 3.8) is 0 Å². The predicted octanol–water partition coefficient (Wildman–Crippen LogP) is -3.09. The molecule has 3 N–H and O–H groups in total. The molecule has 0 aliphatic heterocycles. The molecule has 122 valence electrons.